The molecule has 4 rings (SSSR count). The van der Waals surface area contributed by atoms with Crippen molar-refractivity contribution in [1.82, 2.24) is 19.9 Å². The Morgan fingerprint density at radius 3 is 2.77 bits per heavy atom. The standard InChI is InChI=1S/C21H21FN4/c22-19-8-2-1-7-18(19)21-20(24-10-11-25-21)17-6-4-12-26(15-17)14-16-5-3-9-23-13-16/h1-3,5,7-11,13,17H,4,6,12,14-15H2. The molecule has 3 heterocycles. The fourth-order valence-electron chi connectivity index (χ4n) is 3.68. The highest BCUT2D eigenvalue weighted by molar-refractivity contribution is 5.62. The molecule has 0 bridgehead atoms. The number of hydrogen-bond donors (Lipinski definition) is 0. The van der Waals surface area contributed by atoms with Gasteiger partial charge < -0.3 is 0 Å². The number of hydrogen-bond acceptors (Lipinski definition) is 4. The van der Waals surface area contributed by atoms with E-state index in [1.807, 2.05) is 18.3 Å². The molecule has 1 fully saturated rings. The molecule has 2 aromatic heterocycles. The van der Waals surface area contributed by atoms with E-state index in [1.165, 1.54) is 11.6 Å². The Hall–Kier alpha value is -2.66. The summed E-state index contributed by atoms with van der Waals surface area (Å²) in [4.78, 5) is 15.7. The monoisotopic (exact) mass is 348 g/mol. The summed E-state index contributed by atoms with van der Waals surface area (Å²) in [5.41, 5.74) is 3.30. The highest BCUT2D eigenvalue weighted by Gasteiger charge is 2.26. The maximum atomic E-state index is 14.3. The molecule has 0 N–H and O–H groups in total. The Morgan fingerprint density at radius 2 is 1.92 bits per heavy atom. The van der Waals surface area contributed by atoms with E-state index >= 15 is 0 Å². The van der Waals surface area contributed by atoms with E-state index in [4.69, 9.17) is 0 Å². The van der Waals surface area contributed by atoms with Crippen LogP contribution >= 0.6 is 0 Å². The van der Waals surface area contributed by atoms with Gasteiger partial charge in [0.1, 0.15) is 5.82 Å². The van der Waals surface area contributed by atoms with Gasteiger partial charge in [0, 0.05) is 49.4 Å². The topological polar surface area (TPSA) is 41.9 Å². The average molecular weight is 348 g/mol. The lowest BCUT2D eigenvalue weighted by Gasteiger charge is -2.33. The summed E-state index contributed by atoms with van der Waals surface area (Å²) in [7, 11) is 0. The van der Waals surface area contributed by atoms with E-state index in [-0.39, 0.29) is 11.7 Å². The van der Waals surface area contributed by atoms with Crippen LogP contribution in [0.5, 0.6) is 0 Å². The van der Waals surface area contributed by atoms with Gasteiger partial charge in [-0.05, 0) is 43.1 Å². The van der Waals surface area contributed by atoms with Crippen molar-refractivity contribution >= 4 is 0 Å². The normalized spacial score (nSPS) is 18.0. The molecule has 0 radical (unpaired) electrons. The van der Waals surface area contributed by atoms with Crippen molar-refractivity contribution in [3.8, 4) is 11.3 Å². The minimum atomic E-state index is -0.253. The third-order valence-corrected chi connectivity index (χ3v) is 4.88. The maximum absolute atomic E-state index is 14.3. The Bertz CT molecular complexity index is 869. The summed E-state index contributed by atoms with van der Waals surface area (Å²) in [6.45, 7) is 2.83. The molecule has 3 aromatic rings. The fraction of sp³-hybridized carbons (Fsp3) is 0.286. The molecule has 4 nitrogen and oxygen atoms in total. The second-order valence-electron chi connectivity index (χ2n) is 6.71. The Balaban J connectivity index is 1.59. The van der Waals surface area contributed by atoms with E-state index in [9.17, 15) is 4.39 Å². The minimum absolute atomic E-state index is 0.253. The molecule has 1 aromatic carbocycles. The van der Waals surface area contributed by atoms with Crippen LogP contribution in [-0.4, -0.2) is 32.9 Å². The predicted molar refractivity (Wildman–Crippen MR) is 98.9 cm³/mol. The minimum Gasteiger partial charge on any atom is -0.298 e. The van der Waals surface area contributed by atoms with Gasteiger partial charge in [-0.25, -0.2) is 4.39 Å². The summed E-state index contributed by atoms with van der Waals surface area (Å²) in [6.07, 6.45) is 9.20. The highest BCUT2D eigenvalue weighted by atomic mass is 19.1. The van der Waals surface area contributed by atoms with Crippen LogP contribution in [0.4, 0.5) is 4.39 Å². The molecule has 0 spiro atoms. The number of rotatable bonds is 4. The van der Waals surface area contributed by atoms with Crippen LogP contribution in [0.1, 0.15) is 30.0 Å². The van der Waals surface area contributed by atoms with Gasteiger partial charge in [-0.3, -0.25) is 19.9 Å². The highest BCUT2D eigenvalue weighted by Crippen LogP contribution is 2.33. The first-order chi connectivity index (χ1) is 12.8. The molecule has 0 amide bonds. The molecule has 26 heavy (non-hydrogen) atoms. The van der Waals surface area contributed by atoms with Crippen LogP contribution < -0.4 is 0 Å². The summed E-state index contributed by atoms with van der Waals surface area (Å²) >= 11 is 0. The summed E-state index contributed by atoms with van der Waals surface area (Å²) < 4.78 is 14.3. The van der Waals surface area contributed by atoms with Gasteiger partial charge in [-0.1, -0.05) is 18.2 Å². The fourth-order valence-corrected chi connectivity index (χ4v) is 3.68. The molecule has 1 aliphatic heterocycles. The number of benzene rings is 1. The molecule has 1 saturated heterocycles. The van der Waals surface area contributed by atoms with Crippen LogP contribution in [0.25, 0.3) is 11.3 Å². The molecule has 132 valence electrons. The second kappa shape index (κ2) is 7.70. The molecule has 1 atom stereocenters. The number of pyridine rings is 1. The van der Waals surface area contributed by atoms with Crippen molar-refractivity contribution < 1.29 is 4.39 Å². The van der Waals surface area contributed by atoms with E-state index in [2.05, 4.69) is 25.9 Å². The van der Waals surface area contributed by atoms with Crippen molar-refractivity contribution in [3.63, 3.8) is 0 Å². The zero-order valence-electron chi connectivity index (χ0n) is 14.6. The van der Waals surface area contributed by atoms with E-state index in [1.54, 1.807) is 30.7 Å². The van der Waals surface area contributed by atoms with Crippen molar-refractivity contribution in [2.45, 2.75) is 25.3 Å². The van der Waals surface area contributed by atoms with Crippen LogP contribution in [0.2, 0.25) is 0 Å². The van der Waals surface area contributed by atoms with Crippen LogP contribution in [0.3, 0.4) is 0 Å². The number of likely N-dealkylation sites (tertiary alicyclic amines) is 1. The Kier molecular flexibility index (Phi) is 4.97. The van der Waals surface area contributed by atoms with Crippen molar-refractivity contribution in [1.29, 1.82) is 0 Å². The molecular formula is C21H21FN4. The van der Waals surface area contributed by atoms with Crippen molar-refractivity contribution in [2.75, 3.05) is 13.1 Å². The van der Waals surface area contributed by atoms with Gasteiger partial charge in [0.05, 0.1) is 11.4 Å². The average Bonchev–Trinajstić information content (AvgIpc) is 2.69. The number of halogens is 1. The van der Waals surface area contributed by atoms with Gasteiger partial charge in [-0.15, -0.1) is 0 Å². The zero-order chi connectivity index (χ0) is 17.8. The molecule has 0 aliphatic carbocycles. The third-order valence-electron chi connectivity index (χ3n) is 4.88. The number of aromatic nitrogens is 3. The quantitative estimate of drug-likeness (QED) is 0.713. The zero-order valence-corrected chi connectivity index (χ0v) is 14.6. The van der Waals surface area contributed by atoms with Gasteiger partial charge in [-0.2, -0.15) is 0 Å². The largest absolute Gasteiger partial charge is 0.298 e. The summed E-state index contributed by atoms with van der Waals surface area (Å²) in [6, 6.07) is 10.9. The molecule has 0 saturated carbocycles. The Labute approximate surface area is 152 Å². The lowest BCUT2D eigenvalue weighted by atomic mass is 9.91. The van der Waals surface area contributed by atoms with E-state index in [0.29, 0.717) is 11.3 Å². The smallest absolute Gasteiger partial charge is 0.132 e. The predicted octanol–water partition coefficient (Wildman–Crippen LogP) is 4.06. The van der Waals surface area contributed by atoms with E-state index in [0.717, 1.165) is 38.2 Å². The second-order valence-corrected chi connectivity index (χ2v) is 6.71. The van der Waals surface area contributed by atoms with Gasteiger partial charge in [0.15, 0.2) is 0 Å². The third kappa shape index (κ3) is 3.63. The molecule has 1 unspecified atom stereocenters. The Morgan fingerprint density at radius 1 is 1.04 bits per heavy atom. The molecule has 1 aliphatic rings. The molecular weight excluding hydrogens is 327 g/mol. The van der Waals surface area contributed by atoms with Crippen LogP contribution in [0, 0.1) is 5.82 Å². The molecule has 5 heteroatoms. The van der Waals surface area contributed by atoms with Crippen LogP contribution in [-0.2, 0) is 6.54 Å². The summed E-state index contributed by atoms with van der Waals surface area (Å²) in [5.74, 6) is 0.000929. The maximum Gasteiger partial charge on any atom is 0.132 e. The number of piperidine rings is 1. The lowest BCUT2D eigenvalue weighted by molar-refractivity contribution is 0.198. The van der Waals surface area contributed by atoms with Crippen LogP contribution in [0.15, 0.2) is 61.2 Å². The van der Waals surface area contributed by atoms with E-state index < -0.39 is 0 Å². The first-order valence-corrected chi connectivity index (χ1v) is 8.98. The van der Waals surface area contributed by atoms with Gasteiger partial charge in [0.2, 0.25) is 0 Å². The van der Waals surface area contributed by atoms with Gasteiger partial charge >= 0.3 is 0 Å². The number of nitrogens with zero attached hydrogens (tertiary/aromatic N) is 4. The summed E-state index contributed by atoms with van der Waals surface area (Å²) in [5, 5.41) is 0. The van der Waals surface area contributed by atoms with Crippen molar-refractivity contribution in [2.24, 2.45) is 0 Å². The first kappa shape index (κ1) is 16.8. The SMILES string of the molecule is Fc1ccccc1-c1nccnc1C1CCCN(Cc2cccnc2)C1. The van der Waals surface area contributed by atoms with Gasteiger partial charge in [0.25, 0.3) is 0 Å². The first-order valence-electron chi connectivity index (χ1n) is 8.98. The van der Waals surface area contributed by atoms with Crippen molar-refractivity contribution in [3.05, 3.63) is 78.3 Å². The lowest BCUT2D eigenvalue weighted by Crippen LogP contribution is -2.34.